The fourth-order valence-electron chi connectivity index (χ4n) is 17.3. The third kappa shape index (κ3) is 7.10. The number of anilines is 9. The first-order valence-electron chi connectivity index (χ1n) is 30.6. The molecule has 406 valence electrons. The molecule has 7 aromatic carbocycles. The van der Waals surface area contributed by atoms with Crippen molar-refractivity contribution in [3.8, 4) is 0 Å². The van der Waals surface area contributed by atoms with Crippen molar-refractivity contribution in [2.75, 3.05) is 14.7 Å². The molecule has 1 fully saturated rings. The maximum absolute atomic E-state index is 2.80. The van der Waals surface area contributed by atoms with E-state index in [0.29, 0.717) is 0 Å². The molecule has 0 spiro atoms. The van der Waals surface area contributed by atoms with Crippen LogP contribution >= 0.6 is 11.3 Å². The minimum absolute atomic E-state index is 0.00993. The van der Waals surface area contributed by atoms with Crippen molar-refractivity contribution in [3.05, 3.63) is 178 Å². The summed E-state index contributed by atoms with van der Waals surface area (Å²) in [4.78, 5) is 8.09. The van der Waals surface area contributed by atoms with Crippen molar-refractivity contribution < 1.29 is 0 Å². The second-order valence-corrected chi connectivity index (χ2v) is 31.8. The van der Waals surface area contributed by atoms with E-state index in [9.17, 15) is 0 Å². The van der Waals surface area contributed by atoms with Crippen LogP contribution in [0.3, 0.4) is 0 Å². The minimum Gasteiger partial charge on any atom is -0.311 e. The van der Waals surface area contributed by atoms with E-state index < -0.39 is 0 Å². The maximum Gasteiger partial charge on any atom is 0.264 e. The molecule has 0 radical (unpaired) electrons. The van der Waals surface area contributed by atoms with Gasteiger partial charge in [0.05, 0.1) is 11.4 Å². The Morgan fingerprint density at radius 1 is 0.388 bits per heavy atom. The van der Waals surface area contributed by atoms with Gasteiger partial charge < -0.3 is 14.7 Å². The number of nitrogens with zero attached hydrogens (tertiary/aromatic N) is 3. The summed E-state index contributed by atoms with van der Waals surface area (Å²) in [6.07, 6.45) is 10.8. The molecular weight excluding hydrogens is 986 g/mol. The lowest BCUT2D eigenvalue weighted by Crippen LogP contribution is -2.61. The normalized spacial score (nSPS) is 24.1. The third-order valence-electron chi connectivity index (χ3n) is 22.5. The minimum atomic E-state index is 0.00993. The van der Waals surface area contributed by atoms with Gasteiger partial charge in [-0.1, -0.05) is 152 Å². The molecule has 1 aromatic heterocycles. The maximum atomic E-state index is 2.80. The van der Waals surface area contributed by atoms with E-state index in [0.717, 1.165) is 23.5 Å². The highest BCUT2D eigenvalue weighted by atomic mass is 32.1. The molecule has 3 heterocycles. The Morgan fingerprint density at radius 2 is 0.825 bits per heavy atom. The molecule has 0 saturated heterocycles. The van der Waals surface area contributed by atoms with Crippen molar-refractivity contribution in [2.24, 2.45) is 0 Å². The molecule has 1 saturated carbocycles. The van der Waals surface area contributed by atoms with E-state index in [4.69, 9.17) is 0 Å². The predicted molar refractivity (Wildman–Crippen MR) is 345 cm³/mol. The van der Waals surface area contributed by atoms with Crippen LogP contribution in [0, 0.1) is 0 Å². The fraction of sp³-hybridized carbons (Fsp3) is 0.413. The zero-order valence-corrected chi connectivity index (χ0v) is 51.2. The lowest BCUT2D eigenvalue weighted by Gasteiger charge is -2.48. The molecule has 7 aliphatic rings. The van der Waals surface area contributed by atoms with Crippen molar-refractivity contribution >= 4 is 95.0 Å². The summed E-state index contributed by atoms with van der Waals surface area (Å²) in [5.41, 5.74) is 27.1. The van der Waals surface area contributed by atoms with Crippen LogP contribution in [0.25, 0.3) is 10.1 Å². The zero-order chi connectivity index (χ0) is 55.6. The molecule has 8 aromatic rings. The topological polar surface area (TPSA) is 9.72 Å². The Bertz CT molecular complexity index is 3910. The van der Waals surface area contributed by atoms with Crippen LogP contribution in [-0.4, -0.2) is 6.71 Å². The van der Waals surface area contributed by atoms with Gasteiger partial charge in [-0.05, 0) is 235 Å². The van der Waals surface area contributed by atoms with E-state index in [-0.39, 0.29) is 50.0 Å². The van der Waals surface area contributed by atoms with Gasteiger partial charge in [-0.3, -0.25) is 0 Å². The van der Waals surface area contributed by atoms with Gasteiger partial charge in [0.15, 0.2) is 0 Å². The highest BCUT2D eigenvalue weighted by Gasteiger charge is 2.55. The molecule has 2 unspecified atom stereocenters. The van der Waals surface area contributed by atoms with Crippen molar-refractivity contribution in [3.63, 3.8) is 0 Å². The Balaban J connectivity index is 1.11. The van der Waals surface area contributed by atoms with Gasteiger partial charge >= 0.3 is 0 Å². The third-order valence-corrected chi connectivity index (χ3v) is 23.7. The lowest BCUT2D eigenvalue weighted by atomic mass is 9.35. The largest absolute Gasteiger partial charge is 0.311 e. The van der Waals surface area contributed by atoms with Crippen LogP contribution < -0.4 is 30.4 Å². The molecule has 15 rings (SSSR count). The number of thiophene rings is 1. The Hall–Kier alpha value is -6.04. The van der Waals surface area contributed by atoms with Crippen LogP contribution in [0.5, 0.6) is 0 Å². The molecular formula is C75H82BN3S. The van der Waals surface area contributed by atoms with Gasteiger partial charge in [0, 0.05) is 54.7 Å². The van der Waals surface area contributed by atoms with Gasteiger partial charge in [-0.15, -0.1) is 11.3 Å². The van der Waals surface area contributed by atoms with Crippen LogP contribution in [0.1, 0.15) is 199 Å². The van der Waals surface area contributed by atoms with E-state index in [2.05, 4.69) is 256 Å². The molecule has 0 amide bonds. The van der Waals surface area contributed by atoms with E-state index in [1.165, 1.54) is 145 Å². The van der Waals surface area contributed by atoms with E-state index in [1.54, 1.807) is 11.1 Å². The van der Waals surface area contributed by atoms with Crippen LogP contribution in [0.2, 0.25) is 0 Å². The Morgan fingerprint density at radius 3 is 1.34 bits per heavy atom. The first-order chi connectivity index (χ1) is 37.8. The van der Waals surface area contributed by atoms with E-state index >= 15 is 0 Å². The predicted octanol–water partition coefficient (Wildman–Crippen LogP) is 19.2. The summed E-state index contributed by atoms with van der Waals surface area (Å²) < 4.78 is 2.92. The molecule has 3 nitrogen and oxygen atoms in total. The molecule has 5 heteroatoms. The molecule has 2 bridgehead atoms. The Labute approximate surface area is 482 Å². The molecule has 0 N–H and O–H groups in total. The second kappa shape index (κ2) is 16.4. The zero-order valence-electron chi connectivity index (χ0n) is 50.4. The van der Waals surface area contributed by atoms with Crippen LogP contribution in [0.4, 0.5) is 51.2 Å². The quantitative estimate of drug-likeness (QED) is 0.159. The van der Waals surface area contributed by atoms with Crippen molar-refractivity contribution in [1.82, 2.24) is 0 Å². The van der Waals surface area contributed by atoms with Gasteiger partial charge in [0.2, 0.25) is 0 Å². The SMILES string of the molecule is CC1(C)CCC(C)(C)c2cc(N3c4cc5c(cc4B4c6sc7cc8c(cc7c6N(c6ccc7c(c6)C(C)(C)CCC7(C)C)c6cc(N(c7ccccc7)c7ccccc7)cc3c64)C3(C)CCC8(C)C3)C(C)(C)CCC5(C)C)ccc21. The van der Waals surface area contributed by atoms with Crippen LogP contribution in [0.15, 0.2) is 133 Å². The van der Waals surface area contributed by atoms with Gasteiger partial charge in [-0.25, -0.2) is 0 Å². The summed E-state index contributed by atoms with van der Waals surface area (Å²) >= 11 is 2.11. The van der Waals surface area contributed by atoms with Crippen molar-refractivity contribution in [1.29, 1.82) is 0 Å². The Kier molecular flexibility index (Phi) is 10.4. The van der Waals surface area contributed by atoms with Gasteiger partial charge in [0.1, 0.15) is 0 Å². The number of benzene rings is 7. The summed E-state index contributed by atoms with van der Waals surface area (Å²) in [6, 6.07) is 53.8. The first kappa shape index (κ1) is 50.9. The van der Waals surface area contributed by atoms with E-state index in [1.807, 2.05) is 0 Å². The highest BCUT2D eigenvalue weighted by molar-refractivity contribution is 7.33. The highest BCUT2D eigenvalue weighted by Crippen LogP contribution is 2.63. The molecule has 2 atom stereocenters. The number of hydrogen-bond acceptors (Lipinski definition) is 4. The van der Waals surface area contributed by atoms with Gasteiger partial charge in [0.25, 0.3) is 6.71 Å². The summed E-state index contributed by atoms with van der Waals surface area (Å²) in [7, 11) is 0. The average molecular weight is 1070 g/mol. The van der Waals surface area contributed by atoms with Crippen molar-refractivity contribution in [2.45, 2.75) is 198 Å². The first-order valence-corrected chi connectivity index (χ1v) is 31.4. The summed E-state index contributed by atoms with van der Waals surface area (Å²) in [5, 5.41) is 1.42. The fourth-order valence-corrected chi connectivity index (χ4v) is 18.7. The number of hydrogen-bond donors (Lipinski definition) is 0. The summed E-state index contributed by atoms with van der Waals surface area (Å²) in [6.45, 7) is 35.1. The summed E-state index contributed by atoms with van der Waals surface area (Å²) in [5.74, 6) is 0. The monoisotopic (exact) mass is 1070 g/mol. The number of fused-ring (bicyclic) bond motifs is 14. The molecule has 2 aliphatic heterocycles. The van der Waals surface area contributed by atoms with Crippen LogP contribution in [-0.2, 0) is 43.3 Å². The van der Waals surface area contributed by atoms with Gasteiger partial charge in [-0.2, -0.15) is 0 Å². The number of para-hydroxylation sites is 2. The standard InChI is InChI=1S/C75H82BN3S/c1-68(2)29-31-70(5,6)54-37-48(25-27-52(54)68)78-61-43-57-56(72(9,10)33-34-73(57,11)12)42-60(61)76-65-62(78)39-50(77(46-21-17-15-18-22-46)47-23-19-16-20-24-47)40-63(65)79(49-26-28-53-55(38-49)71(7,8)32-30-69(53,3)4)66-51-41-58-59(44-64(51)80-67(66)76)75(14)36-35-74(58,13)45-75/h15-28,37-44H,29-36,45H2,1-14H3. The number of rotatable bonds is 5. The average Bonchev–Trinajstić information content (AvgIpc) is 4.20. The lowest BCUT2D eigenvalue weighted by molar-refractivity contribution is 0.332. The second-order valence-electron chi connectivity index (χ2n) is 30.7. The smallest absolute Gasteiger partial charge is 0.264 e. The molecule has 5 aliphatic carbocycles. The molecule has 80 heavy (non-hydrogen) atoms.